The van der Waals surface area contributed by atoms with Crippen molar-refractivity contribution in [2.45, 2.75) is 32.4 Å². The Labute approximate surface area is 134 Å². The molecule has 0 fully saturated rings. The Kier molecular flexibility index (Phi) is 5.20. The fourth-order valence-electron chi connectivity index (χ4n) is 2.32. The highest BCUT2D eigenvalue weighted by atomic mass is 16.5. The predicted octanol–water partition coefficient (Wildman–Crippen LogP) is 0.332. The zero-order valence-electron chi connectivity index (χ0n) is 13.0. The molecule has 2 aliphatic heterocycles. The van der Waals surface area contributed by atoms with Gasteiger partial charge in [-0.1, -0.05) is 26.0 Å². The smallest absolute Gasteiger partial charge is 0.326 e. The highest BCUT2D eigenvalue weighted by Gasteiger charge is 2.29. The Balaban J connectivity index is 2.30. The van der Waals surface area contributed by atoms with Crippen LogP contribution in [0.25, 0.3) is 0 Å². The number of carboxylic acids is 1. The average molecular weight is 320 g/mol. The summed E-state index contributed by atoms with van der Waals surface area (Å²) in [5.74, 6) is -1.76. The van der Waals surface area contributed by atoms with Gasteiger partial charge < -0.3 is 20.5 Å². The number of benzene rings is 1. The molecule has 23 heavy (non-hydrogen) atoms. The van der Waals surface area contributed by atoms with E-state index in [1.54, 1.807) is 38.1 Å². The van der Waals surface area contributed by atoms with Gasteiger partial charge in [-0.3, -0.25) is 9.59 Å². The van der Waals surface area contributed by atoms with Gasteiger partial charge in [-0.15, -0.1) is 0 Å². The van der Waals surface area contributed by atoms with Crippen molar-refractivity contribution in [1.29, 1.82) is 0 Å². The maximum absolute atomic E-state index is 12.3. The molecule has 0 radical (unpaired) electrons. The van der Waals surface area contributed by atoms with E-state index in [1.807, 2.05) is 0 Å². The second kappa shape index (κ2) is 7.13. The van der Waals surface area contributed by atoms with Crippen LogP contribution in [0.5, 0.6) is 5.75 Å². The van der Waals surface area contributed by atoms with Crippen molar-refractivity contribution in [2.24, 2.45) is 5.92 Å². The first-order valence-corrected chi connectivity index (χ1v) is 7.41. The molecule has 2 atom stereocenters. The largest absolute Gasteiger partial charge is 0.484 e. The third-order valence-corrected chi connectivity index (χ3v) is 3.61. The van der Waals surface area contributed by atoms with E-state index in [0.29, 0.717) is 5.75 Å². The number of carboxylic acid groups (broad SMARTS) is 1. The fraction of sp³-hybridized carbons (Fsp3) is 0.438. The van der Waals surface area contributed by atoms with E-state index in [4.69, 9.17) is 4.74 Å². The normalized spacial score (nSPS) is 22.2. The van der Waals surface area contributed by atoms with E-state index >= 15 is 0 Å². The number of amides is 2. The van der Waals surface area contributed by atoms with Gasteiger partial charge in [-0.2, -0.15) is 0 Å². The van der Waals surface area contributed by atoms with Crippen molar-refractivity contribution < 1.29 is 24.2 Å². The summed E-state index contributed by atoms with van der Waals surface area (Å²) in [4.78, 5) is 35.7. The molecule has 0 aromatic heterocycles. The number of hydrogen-bond acceptors (Lipinski definition) is 4. The van der Waals surface area contributed by atoms with Gasteiger partial charge in [0.1, 0.15) is 17.8 Å². The number of hydrogen-bond donors (Lipinski definition) is 3. The second-order valence-electron chi connectivity index (χ2n) is 5.83. The molecule has 0 aliphatic carbocycles. The average Bonchev–Trinajstić information content (AvgIpc) is 2.51. The first-order valence-electron chi connectivity index (χ1n) is 7.41. The zero-order chi connectivity index (χ0) is 17.0. The molecular weight excluding hydrogens is 300 g/mol. The number of nitrogens with one attached hydrogen (secondary N) is 2. The van der Waals surface area contributed by atoms with Crippen LogP contribution in [-0.4, -0.2) is 41.6 Å². The molecule has 1 aromatic carbocycles. The molecule has 7 nitrogen and oxygen atoms in total. The van der Waals surface area contributed by atoms with E-state index in [-0.39, 0.29) is 18.9 Å². The van der Waals surface area contributed by atoms with Crippen LogP contribution < -0.4 is 15.4 Å². The topological polar surface area (TPSA) is 105 Å². The fourth-order valence-corrected chi connectivity index (χ4v) is 2.32. The molecule has 2 unspecified atom stereocenters. The summed E-state index contributed by atoms with van der Waals surface area (Å²) in [5.41, 5.74) is 0.754. The summed E-state index contributed by atoms with van der Waals surface area (Å²) in [6, 6.07) is 4.89. The quantitative estimate of drug-likeness (QED) is 0.681. The highest BCUT2D eigenvalue weighted by Crippen LogP contribution is 2.14. The van der Waals surface area contributed by atoms with Crippen LogP contribution in [0.3, 0.4) is 0 Å². The minimum absolute atomic E-state index is 0.153. The van der Waals surface area contributed by atoms with E-state index in [1.165, 1.54) is 0 Å². The monoisotopic (exact) mass is 320 g/mol. The molecule has 2 heterocycles. The Morgan fingerprint density at radius 3 is 2.43 bits per heavy atom. The number of rotatable bonds is 2. The van der Waals surface area contributed by atoms with E-state index in [2.05, 4.69) is 10.6 Å². The van der Waals surface area contributed by atoms with Gasteiger partial charge in [0.05, 0.1) is 0 Å². The van der Waals surface area contributed by atoms with Crippen molar-refractivity contribution in [3.63, 3.8) is 0 Å². The standard InChI is InChI=1S/C16H20N2O5/c1-9(2)14-15(20)17-12(16(21)22)7-10-3-5-11(6-4-10)23-8-13(19)18-14/h3-6,9,12,14H,7-8H2,1-2H3,(H,17,20)(H,18,19)(H,21,22). The predicted molar refractivity (Wildman–Crippen MR) is 82.0 cm³/mol. The Bertz CT molecular complexity index is 597. The van der Waals surface area contributed by atoms with Crippen LogP contribution in [0.1, 0.15) is 19.4 Å². The Morgan fingerprint density at radius 2 is 1.87 bits per heavy atom. The van der Waals surface area contributed by atoms with Gasteiger partial charge >= 0.3 is 5.97 Å². The van der Waals surface area contributed by atoms with Crippen LogP contribution in [0.4, 0.5) is 0 Å². The molecule has 7 heteroatoms. The summed E-state index contributed by atoms with van der Waals surface area (Å²) in [5, 5.41) is 14.4. The van der Waals surface area contributed by atoms with E-state index < -0.39 is 29.9 Å². The lowest BCUT2D eigenvalue weighted by Crippen LogP contribution is -2.54. The molecule has 2 aliphatic rings. The summed E-state index contributed by atoms with van der Waals surface area (Å²) in [6.45, 7) is 3.34. The molecule has 0 spiro atoms. The summed E-state index contributed by atoms with van der Waals surface area (Å²) < 4.78 is 5.36. The van der Waals surface area contributed by atoms with Gasteiger partial charge in [-0.25, -0.2) is 4.79 Å². The highest BCUT2D eigenvalue weighted by molar-refractivity contribution is 5.91. The zero-order valence-corrected chi connectivity index (χ0v) is 13.0. The molecule has 124 valence electrons. The summed E-state index contributed by atoms with van der Waals surface area (Å²) in [6.07, 6.45) is 0.153. The van der Waals surface area contributed by atoms with Gasteiger partial charge in [0.15, 0.2) is 6.61 Å². The van der Waals surface area contributed by atoms with Crippen LogP contribution >= 0.6 is 0 Å². The minimum Gasteiger partial charge on any atom is -0.484 e. The Hall–Kier alpha value is -2.57. The second-order valence-corrected chi connectivity index (χ2v) is 5.83. The van der Waals surface area contributed by atoms with Gasteiger partial charge in [0, 0.05) is 6.42 Å². The third kappa shape index (κ3) is 4.45. The number of aliphatic carboxylic acids is 1. The first kappa shape index (κ1) is 16.8. The lowest BCUT2D eigenvalue weighted by Gasteiger charge is -2.23. The van der Waals surface area contributed by atoms with Crippen molar-refractivity contribution in [2.75, 3.05) is 6.61 Å². The molecule has 0 saturated heterocycles. The lowest BCUT2D eigenvalue weighted by atomic mass is 10.0. The maximum atomic E-state index is 12.3. The van der Waals surface area contributed by atoms with Crippen molar-refractivity contribution in [1.82, 2.24) is 10.6 Å². The van der Waals surface area contributed by atoms with E-state index in [0.717, 1.165) is 5.56 Å². The van der Waals surface area contributed by atoms with Gasteiger partial charge in [0.25, 0.3) is 5.91 Å². The Morgan fingerprint density at radius 1 is 1.22 bits per heavy atom. The van der Waals surface area contributed by atoms with Gasteiger partial charge in [0.2, 0.25) is 5.91 Å². The molecular formula is C16H20N2O5. The maximum Gasteiger partial charge on any atom is 0.326 e. The molecule has 2 amide bonds. The molecule has 3 N–H and O–H groups in total. The minimum atomic E-state index is -1.12. The SMILES string of the molecule is CC(C)C1NC(=O)COc2ccc(cc2)CC(C(=O)O)NC1=O. The summed E-state index contributed by atoms with van der Waals surface area (Å²) in [7, 11) is 0. The van der Waals surface area contributed by atoms with Crippen molar-refractivity contribution in [3.05, 3.63) is 29.8 Å². The van der Waals surface area contributed by atoms with Crippen molar-refractivity contribution in [3.8, 4) is 5.75 Å². The van der Waals surface area contributed by atoms with Crippen LogP contribution in [0.15, 0.2) is 24.3 Å². The molecule has 0 saturated carbocycles. The number of fused-ring (bicyclic) bond motifs is 10. The van der Waals surface area contributed by atoms with Crippen LogP contribution in [0.2, 0.25) is 0 Å². The van der Waals surface area contributed by atoms with Gasteiger partial charge in [-0.05, 0) is 23.6 Å². The van der Waals surface area contributed by atoms with Crippen LogP contribution in [0, 0.1) is 5.92 Å². The summed E-state index contributed by atoms with van der Waals surface area (Å²) >= 11 is 0. The number of ether oxygens (including phenoxy) is 1. The third-order valence-electron chi connectivity index (χ3n) is 3.61. The molecule has 3 rings (SSSR count). The number of carbonyl (C=O) groups is 3. The van der Waals surface area contributed by atoms with Crippen molar-refractivity contribution >= 4 is 17.8 Å². The molecule has 1 aromatic rings. The first-order chi connectivity index (χ1) is 10.9. The molecule has 2 bridgehead atoms. The number of carbonyl (C=O) groups excluding carboxylic acids is 2. The van der Waals surface area contributed by atoms with Crippen LogP contribution in [-0.2, 0) is 20.8 Å². The lowest BCUT2D eigenvalue weighted by molar-refractivity contribution is -0.142. The van der Waals surface area contributed by atoms with E-state index in [9.17, 15) is 19.5 Å².